The quantitative estimate of drug-likeness (QED) is 0.580. The van der Waals surface area contributed by atoms with E-state index in [1.54, 1.807) is 4.90 Å². The zero-order valence-electron chi connectivity index (χ0n) is 10.6. The third-order valence-corrected chi connectivity index (χ3v) is 2.97. The van der Waals surface area contributed by atoms with Crippen LogP contribution in [0.1, 0.15) is 24.2 Å². The van der Waals surface area contributed by atoms with Gasteiger partial charge in [-0.25, -0.2) is 0 Å². The number of nitrogen functional groups attached to an aromatic ring is 1. The Hall–Kier alpha value is -1.75. The molecule has 1 aromatic carbocycles. The maximum absolute atomic E-state index is 12.3. The predicted octanol–water partition coefficient (Wildman–Crippen LogP) is 1.22. The molecule has 0 aliphatic carbocycles. The van der Waals surface area contributed by atoms with Gasteiger partial charge in [0.05, 0.1) is 17.8 Å². The van der Waals surface area contributed by atoms with E-state index < -0.39 is 0 Å². The van der Waals surface area contributed by atoms with Gasteiger partial charge in [0.25, 0.3) is 5.91 Å². The topological polar surface area (TPSA) is 75.8 Å². The average Bonchev–Trinajstić information content (AvgIpc) is 2.30. The molecule has 0 aromatic heterocycles. The Morgan fingerprint density at radius 3 is 2.61 bits per heavy atom. The van der Waals surface area contributed by atoms with Crippen LogP contribution in [0.5, 0.6) is 5.75 Å². The molecule has 5 nitrogen and oxygen atoms in total. The van der Waals surface area contributed by atoms with Crippen LogP contribution in [0, 0.1) is 0 Å². The first-order valence-electron chi connectivity index (χ1n) is 6.00. The lowest BCUT2D eigenvalue weighted by Crippen LogP contribution is -2.48. The van der Waals surface area contributed by atoms with Crippen LogP contribution in [0.3, 0.4) is 0 Å². The summed E-state index contributed by atoms with van der Waals surface area (Å²) in [7, 11) is 0. The molecule has 1 fully saturated rings. The number of anilines is 1. The molecule has 1 aliphatic heterocycles. The van der Waals surface area contributed by atoms with Gasteiger partial charge in [-0.15, -0.1) is 0 Å². The number of rotatable bonds is 1. The highest BCUT2D eigenvalue weighted by molar-refractivity contribution is 5.99. The lowest BCUT2D eigenvalue weighted by Gasteiger charge is -2.35. The van der Waals surface area contributed by atoms with E-state index >= 15 is 0 Å². The minimum absolute atomic E-state index is 0.0104. The van der Waals surface area contributed by atoms with Crippen LogP contribution < -0.4 is 5.73 Å². The van der Waals surface area contributed by atoms with Crippen molar-refractivity contribution in [2.75, 3.05) is 18.8 Å². The number of hydrogen-bond acceptors (Lipinski definition) is 4. The van der Waals surface area contributed by atoms with Gasteiger partial charge in [0, 0.05) is 18.8 Å². The van der Waals surface area contributed by atoms with E-state index in [-0.39, 0.29) is 23.9 Å². The largest absolute Gasteiger partial charge is 0.508 e. The summed E-state index contributed by atoms with van der Waals surface area (Å²) in [5, 5.41) is 9.44. The summed E-state index contributed by atoms with van der Waals surface area (Å²) in [6.07, 6.45) is 0.0208. The maximum atomic E-state index is 12.3. The van der Waals surface area contributed by atoms with Gasteiger partial charge in [-0.2, -0.15) is 0 Å². The molecule has 0 radical (unpaired) electrons. The second kappa shape index (κ2) is 4.86. The molecule has 0 saturated carbocycles. The van der Waals surface area contributed by atoms with Crippen molar-refractivity contribution in [3.63, 3.8) is 0 Å². The van der Waals surface area contributed by atoms with Crippen molar-refractivity contribution in [3.05, 3.63) is 23.8 Å². The van der Waals surface area contributed by atoms with E-state index in [0.29, 0.717) is 24.3 Å². The number of nitrogens with zero attached hydrogens (tertiary/aromatic N) is 1. The van der Waals surface area contributed by atoms with Crippen molar-refractivity contribution in [1.82, 2.24) is 4.90 Å². The molecule has 18 heavy (non-hydrogen) atoms. The molecule has 0 unspecified atom stereocenters. The standard InChI is InChI=1S/C13H18N2O3/c1-8-6-15(7-9(2)18-8)13(17)11-5-10(16)3-4-12(11)14/h3-5,8-9,16H,6-7,14H2,1-2H3/t8-,9+. The summed E-state index contributed by atoms with van der Waals surface area (Å²) in [4.78, 5) is 14.1. The second-order valence-electron chi connectivity index (χ2n) is 4.74. The van der Waals surface area contributed by atoms with E-state index in [9.17, 15) is 9.90 Å². The maximum Gasteiger partial charge on any atom is 0.256 e. The van der Waals surface area contributed by atoms with Gasteiger partial charge in [-0.05, 0) is 32.0 Å². The molecule has 98 valence electrons. The highest BCUT2D eigenvalue weighted by Gasteiger charge is 2.27. The fourth-order valence-corrected chi connectivity index (χ4v) is 2.24. The highest BCUT2D eigenvalue weighted by atomic mass is 16.5. The van der Waals surface area contributed by atoms with Crippen LogP contribution >= 0.6 is 0 Å². The van der Waals surface area contributed by atoms with Crippen LogP contribution in [-0.4, -0.2) is 41.2 Å². The van der Waals surface area contributed by atoms with Gasteiger partial charge < -0.3 is 20.5 Å². The van der Waals surface area contributed by atoms with E-state index in [1.807, 2.05) is 13.8 Å². The third kappa shape index (κ3) is 2.56. The molecule has 0 bridgehead atoms. The number of morpholine rings is 1. The van der Waals surface area contributed by atoms with Gasteiger partial charge in [0.15, 0.2) is 0 Å². The Morgan fingerprint density at radius 2 is 2.00 bits per heavy atom. The van der Waals surface area contributed by atoms with Crippen molar-refractivity contribution in [2.45, 2.75) is 26.1 Å². The summed E-state index contributed by atoms with van der Waals surface area (Å²) in [6, 6.07) is 4.41. The zero-order valence-corrected chi connectivity index (χ0v) is 10.6. The van der Waals surface area contributed by atoms with Crippen LogP contribution in [0.25, 0.3) is 0 Å². The number of carbonyl (C=O) groups is 1. The first-order valence-corrected chi connectivity index (χ1v) is 6.00. The van der Waals surface area contributed by atoms with Crippen LogP contribution in [0.15, 0.2) is 18.2 Å². The zero-order chi connectivity index (χ0) is 13.3. The summed E-state index contributed by atoms with van der Waals surface area (Å²) in [5.41, 5.74) is 6.50. The van der Waals surface area contributed by atoms with Crippen molar-refractivity contribution < 1.29 is 14.6 Å². The lowest BCUT2D eigenvalue weighted by atomic mass is 10.1. The molecular formula is C13H18N2O3. The fraction of sp³-hybridized carbons (Fsp3) is 0.462. The monoisotopic (exact) mass is 250 g/mol. The molecule has 1 heterocycles. The van der Waals surface area contributed by atoms with Gasteiger partial charge >= 0.3 is 0 Å². The number of aromatic hydroxyl groups is 1. The van der Waals surface area contributed by atoms with Crippen molar-refractivity contribution >= 4 is 11.6 Å². The molecule has 2 rings (SSSR count). The Bertz CT molecular complexity index is 452. The number of benzene rings is 1. The first kappa shape index (κ1) is 12.7. The Balaban J connectivity index is 2.22. The number of ether oxygens (including phenoxy) is 1. The van der Waals surface area contributed by atoms with Crippen LogP contribution in [-0.2, 0) is 4.74 Å². The molecule has 1 aliphatic rings. The Labute approximate surface area is 106 Å². The number of hydrogen-bond donors (Lipinski definition) is 2. The molecule has 2 atom stereocenters. The summed E-state index contributed by atoms with van der Waals surface area (Å²) in [5.74, 6) is -0.118. The first-order chi connectivity index (χ1) is 8.47. The number of phenolic OH excluding ortho intramolecular Hbond substituents is 1. The van der Waals surface area contributed by atoms with Crippen molar-refractivity contribution in [2.24, 2.45) is 0 Å². The van der Waals surface area contributed by atoms with Crippen LogP contribution in [0.2, 0.25) is 0 Å². The Morgan fingerprint density at radius 1 is 1.39 bits per heavy atom. The molecule has 1 amide bonds. The molecular weight excluding hydrogens is 232 g/mol. The van der Waals surface area contributed by atoms with Gasteiger partial charge in [0.1, 0.15) is 5.75 Å². The molecule has 0 spiro atoms. The van der Waals surface area contributed by atoms with E-state index in [0.717, 1.165) is 0 Å². The van der Waals surface area contributed by atoms with E-state index in [4.69, 9.17) is 10.5 Å². The van der Waals surface area contributed by atoms with Gasteiger partial charge in [-0.1, -0.05) is 0 Å². The smallest absolute Gasteiger partial charge is 0.256 e. The summed E-state index contributed by atoms with van der Waals surface area (Å²) in [6.45, 7) is 4.94. The number of amides is 1. The minimum Gasteiger partial charge on any atom is -0.508 e. The SMILES string of the molecule is C[C@@H]1CN(C(=O)c2cc(O)ccc2N)C[C@H](C)O1. The average molecular weight is 250 g/mol. The summed E-state index contributed by atoms with van der Waals surface area (Å²) >= 11 is 0. The van der Waals surface area contributed by atoms with E-state index in [2.05, 4.69) is 0 Å². The molecule has 3 N–H and O–H groups in total. The highest BCUT2D eigenvalue weighted by Crippen LogP contribution is 2.22. The lowest BCUT2D eigenvalue weighted by molar-refractivity contribution is -0.0585. The number of nitrogens with two attached hydrogens (primary N) is 1. The fourth-order valence-electron chi connectivity index (χ4n) is 2.24. The molecule has 5 heteroatoms. The molecule has 1 saturated heterocycles. The number of phenols is 1. The predicted molar refractivity (Wildman–Crippen MR) is 68.4 cm³/mol. The van der Waals surface area contributed by atoms with Crippen molar-refractivity contribution in [1.29, 1.82) is 0 Å². The normalized spacial score (nSPS) is 24.0. The van der Waals surface area contributed by atoms with Crippen molar-refractivity contribution in [3.8, 4) is 5.75 Å². The molecule has 1 aromatic rings. The van der Waals surface area contributed by atoms with Gasteiger partial charge in [0.2, 0.25) is 0 Å². The summed E-state index contributed by atoms with van der Waals surface area (Å²) < 4.78 is 5.58. The minimum atomic E-state index is -0.162. The van der Waals surface area contributed by atoms with Gasteiger partial charge in [-0.3, -0.25) is 4.79 Å². The second-order valence-corrected chi connectivity index (χ2v) is 4.74. The number of carbonyl (C=O) groups excluding carboxylic acids is 1. The third-order valence-electron chi connectivity index (χ3n) is 2.97. The van der Waals surface area contributed by atoms with E-state index in [1.165, 1.54) is 18.2 Å². The van der Waals surface area contributed by atoms with Crippen LogP contribution in [0.4, 0.5) is 5.69 Å². The Kier molecular flexibility index (Phi) is 3.43.